The molecule has 4 aromatic rings. The zero-order chi connectivity index (χ0) is 36.1. The minimum atomic E-state index is -1.11. The lowest BCUT2D eigenvalue weighted by Crippen LogP contribution is -2.22. The maximum absolute atomic E-state index is 9.65. The second-order valence-corrected chi connectivity index (χ2v) is 28.9. The molecule has 0 unspecified atom stereocenters. The van der Waals surface area contributed by atoms with Gasteiger partial charge in [0.2, 0.25) is 0 Å². The van der Waals surface area contributed by atoms with E-state index in [1.807, 2.05) is 33.4 Å². The average molecular weight is 855 g/mol. The molecule has 14 heteroatoms. The Labute approximate surface area is 315 Å². The monoisotopic (exact) mass is 852 g/mol. The first kappa shape index (κ1) is 39.4. The van der Waals surface area contributed by atoms with Crippen LogP contribution in [0.3, 0.4) is 0 Å². The molecule has 2 fully saturated rings. The highest BCUT2D eigenvalue weighted by Gasteiger charge is 2.24. The van der Waals surface area contributed by atoms with Crippen molar-refractivity contribution >= 4 is 70.1 Å². The summed E-state index contributed by atoms with van der Waals surface area (Å²) >= 11 is 7.16. The number of hydrogen-bond donors (Lipinski definition) is 2. The van der Waals surface area contributed by atoms with Crippen LogP contribution in [-0.2, 0) is 36.1 Å². The van der Waals surface area contributed by atoms with Crippen molar-refractivity contribution in [2.24, 2.45) is 11.8 Å². The van der Waals surface area contributed by atoms with Crippen LogP contribution in [0.25, 0.3) is 22.1 Å². The van der Waals surface area contributed by atoms with Gasteiger partial charge in [0.05, 0.1) is 44.2 Å². The van der Waals surface area contributed by atoms with Gasteiger partial charge >= 0.3 is 0 Å². The molecule has 0 amide bonds. The Kier molecular flexibility index (Phi) is 13.7. The van der Waals surface area contributed by atoms with Crippen LogP contribution in [0.15, 0.2) is 33.2 Å². The van der Waals surface area contributed by atoms with E-state index in [9.17, 15) is 10.2 Å². The van der Waals surface area contributed by atoms with Crippen LogP contribution >= 0.6 is 31.9 Å². The summed E-state index contributed by atoms with van der Waals surface area (Å²) in [6.45, 7) is 17.6. The lowest BCUT2D eigenvalue weighted by Gasteiger charge is -2.16. The number of fused-ring (bicyclic) bond motifs is 2. The van der Waals surface area contributed by atoms with Crippen molar-refractivity contribution in [2.45, 2.75) is 104 Å². The third kappa shape index (κ3) is 11.6. The number of nitrogens with zero attached hydrogens (tertiary/aromatic N) is 4. The highest BCUT2D eigenvalue weighted by molar-refractivity contribution is 9.11. The molecule has 2 aromatic heterocycles. The molecule has 6 rings (SSSR count). The molecule has 2 saturated carbocycles. The maximum Gasteiger partial charge on any atom is 0.137 e. The van der Waals surface area contributed by atoms with Gasteiger partial charge in [-0.05, 0) is 93.6 Å². The molecule has 0 aliphatic heterocycles. The fourth-order valence-corrected chi connectivity index (χ4v) is 7.56. The second kappa shape index (κ2) is 17.4. The molecular weight excluding hydrogens is 800 g/mol. The molecule has 2 N–H and O–H groups in total. The summed E-state index contributed by atoms with van der Waals surface area (Å²) in [5, 5.41) is 19.3. The standard InChI is InChI=1S/2C18H27BrN2O3Si/c1-25(2,3)7-6-23-12-21-16-8-14(19)17(24-11-13-4-5-13)9-15(16)20-18(21)10-22;1-25(2,3)7-6-23-12-21-16-9-17(24-11-13-4-5-13)14(19)8-15(16)20-18(21)10-22/h2*8-9,13,22H,4-7,10-12H2,1-3H3. The summed E-state index contributed by atoms with van der Waals surface area (Å²) in [5.41, 5.74) is 3.55. The molecule has 0 bridgehead atoms. The van der Waals surface area contributed by atoms with Gasteiger partial charge in [-0.15, -0.1) is 0 Å². The number of hydrogen-bond acceptors (Lipinski definition) is 8. The molecular formula is C36H54Br2N4O6Si2. The van der Waals surface area contributed by atoms with Gasteiger partial charge in [0.15, 0.2) is 0 Å². The third-order valence-electron chi connectivity index (χ3n) is 8.82. The van der Waals surface area contributed by atoms with Crippen LogP contribution in [0.4, 0.5) is 0 Å². The number of benzene rings is 2. The van der Waals surface area contributed by atoms with Crippen molar-refractivity contribution in [3.05, 3.63) is 44.9 Å². The Hall–Kier alpha value is -1.79. The molecule has 2 heterocycles. The number of ether oxygens (including phenoxy) is 4. The quantitative estimate of drug-likeness (QED) is 0.0755. The number of imidazole rings is 2. The van der Waals surface area contributed by atoms with Crippen molar-refractivity contribution in [1.82, 2.24) is 19.1 Å². The fraction of sp³-hybridized carbons (Fsp3) is 0.611. The zero-order valence-electron chi connectivity index (χ0n) is 30.4. The van der Waals surface area contributed by atoms with E-state index in [2.05, 4.69) is 81.1 Å². The van der Waals surface area contributed by atoms with Gasteiger partial charge in [0, 0.05) is 41.5 Å². The summed E-state index contributed by atoms with van der Waals surface area (Å²) < 4.78 is 29.3. The predicted octanol–water partition coefficient (Wildman–Crippen LogP) is 8.78. The van der Waals surface area contributed by atoms with Gasteiger partial charge in [-0.3, -0.25) is 0 Å². The van der Waals surface area contributed by atoms with E-state index in [0.29, 0.717) is 36.9 Å². The number of aliphatic hydroxyl groups excluding tert-OH is 2. The Morgan fingerprint density at radius 3 is 1.52 bits per heavy atom. The second-order valence-electron chi connectivity index (χ2n) is 16.0. The zero-order valence-corrected chi connectivity index (χ0v) is 35.6. The normalized spacial score (nSPS) is 15.1. The van der Waals surface area contributed by atoms with Crippen LogP contribution in [0.5, 0.6) is 11.5 Å². The van der Waals surface area contributed by atoms with Crippen molar-refractivity contribution in [2.75, 3.05) is 26.4 Å². The predicted molar refractivity (Wildman–Crippen MR) is 211 cm³/mol. The number of halogens is 2. The molecule has 10 nitrogen and oxygen atoms in total. The molecule has 0 radical (unpaired) electrons. The van der Waals surface area contributed by atoms with Crippen molar-refractivity contribution < 1.29 is 29.2 Å². The van der Waals surface area contributed by atoms with E-state index in [-0.39, 0.29) is 13.2 Å². The van der Waals surface area contributed by atoms with Gasteiger partial charge in [0.1, 0.15) is 49.8 Å². The van der Waals surface area contributed by atoms with Crippen LogP contribution in [-0.4, -0.2) is 71.9 Å². The highest BCUT2D eigenvalue weighted by Crippen LogP contribution is 2.36. The van der Waals surface area contributed by atoms with Crippen LogP contribution in [0.1, 0.15) is 37.3 Å². The first-order chi connectivity index (χ1) is 23.7. The summed E-state index contributed by atoms with van der Waals surface area (Å²) in [5.74, 6) is 4.28. The fourth-order valence-electron chi connectivity index (χ4n) is 5.16. The van der Waals surface area contributed by atoms with E-state index in [1.165, 1.54) is 25.7 Å². The van der Waals surface area contributed by atoms with Crippen molar-refractivity contribution in [1.29, 1.82) is 0 Å². The minimum absolute atomic E-state index is 0.109. The minimum Gasteiger partial charge on any atom is -0.492 e. The van der Waals surface area contributed by atoms with Crippen LogP contribution in [0.2, 0.25) is 51.4 Å². The number of rotatable bonds is 18. The maximum atomic E-state index is 9.65. The molecule has 2 aliphatic carbocycles. The lowest BCUT2D eigenvalue weighted by atomic mass is 10.3. The van der Waals surface area contributed by atoms with E-state index in [0.717, 1.165) is 81.0 Å². The first-order valence-corrected chi connectivity index (χ1v) is 26.7. The summed E-state index contributed by atoms with van der Waals surface area (Å²) in [7, 11) is -2.22. The molecule has 2 aliphatic rings. The molecule has 0 saturated heterocycles. The van der Waals surface area contributed by atoms with Gasteiger partial charge in [-0.1, -0.05) is 39.3 Å². The van der Waals surface area contributed by atoms with Crippen molar-refractivity contribution in [3.63, 3.8) is 0 Å². The van der Waals surface area contributed by atoms with Gasteiger partial charge < -0.3 is 38.3 Å². The van der Waals surface area contributed by atoms with E-state index < -0.39 is 16.1 Å². The molecule has 0 spiro atoms. The first-order valence-electron chi connectivity index (χ1n) is 17.7. The SMILES string of the molecule is C[Si](C)(C)CCOCn1c(CO)nc2cc(Br)c(OCC3CC3)cc21.C[Si](C)(C)CCOCn1c(CO)nc2cc(OCC3CC3)c(Br)cc21. The Bertz CT molecular complexity index is 1730. The molecule has 276 valence electrons. The highest BCUT2D eigenvalue weighted by atomic mass is 79.9. The molecule has 2 aromatic carbocycles. The summed E-state index contributed by atoms with van der Waals surface area (Å²) in [4.78, 5) is 9.07. The van der Waals surface area contributed by atoms with Gasteiger partial charge in [-0.2, -0.15) is 0 Å². The lowest BCUT2D eigenvalue weighted by molar-refractivity contribution is 0.0844. The number of aliphatic hydroxyl groups is 2. The van der Waals surface area contributed by atoms with Crippen LogP contribution in [0, 0.1) is 11.8 Å². The third-order valence-corrected chi connectivity index (χ3v) is 13.5. The summed E-state index contributed by atoms with van der Waals surface area (Å²) in [6, 6.07) is 10.1. The molecule has 50 heavy (non-hydrogen) atoms. The average Bonchev–Trinajstić information content (AvgIpc) is 3.99. The van der Waals surface area contributed by atoms with Gasteiger partial charge in [-0.25, -0.2) is 9.97 Å². The smallest absolute Gasteiger partial charge is 0.137 e. The summed E-state index contributed by atoms with van der Waals surface area (Å²) in [6.07, 6.45) is 5.05. The van der Waals surface area contributed by atoms with E-state index >= 15 is 0 Å². The topological polar surface area (TPSA) is 113 Å². The molecule has 0 atom stereocenters. The van der Waals surface area contributed by atoms with Crippen LogP contribution < -0.4 is 9.47 Å². The Balaban J connectivity index is 0.000000194. The van der Waals surface area contributed by atoms with Crippen molar-refractivity contribution in [3.8, 4) is 11.5 Å². The number of aromatic nitrogens is 4. The van der Waals surface area contributed by atoms with E-state index in [4.69, 9.17) is 18.9 Å². The van der Waals surface area contributed by atoms with Gasteiger partial charge in [0.25, 0.3) is 0 Å². The van der Waals surface area contributed by atoms with E-state index in [1.54, 1.807) is 0 Å². The Morgan fingerprint density at radius 2 is 1.08 bits per heavy atom. The Morgan fingerprint density at radius 1 is 0.660 bits per heavy atom. The largest absolute Gasteiger partial charge is 0.492 e.